The van der Waals surface area contributed by atoms with Crippen LogP contribution in [0, 0.1) is 6.92 Å². The first-order chi connectivity index (χ1) is 9.90. The molecule has 7 heteroatoms. The quantitative estimate of drug-likeness (QED) is 0.825. The average molecular weight is 326 g/mol. The summed E-state index contributed by atoms with van der Waals surface area (Å²) in [4.78, 5) is 15.4. The molecule has 2 rings (SSSR count). The van der Waals surface area contributed by atoms with E-state index in [4.69, 9.17) is 5.11 Å². The minimum Gasteiger partial charge on any atom is -0.481 e. The van der Waals surface area contributed by atoms with Gasteiger partial charge in [0.1, 0.15) is 0 Å². The van der Waals surface area contributed by atoms with Crippen molar-refractivity contribution in [2.45, 2.75) is 30.8 Å². The van der Waals surface area contributed by atoms with Crippen LogP contribution in [0.5, 0.6) is 0 Å². The molecule has 0 saturated heterocycles. The van der Waals surface area contributed by atoms with E-state index in [1.807, 2.05) is 36.6 Å². The number of aliphatic carboxylic acids is 1. The predicted octanol–water partition coefficient (Wildman–Crippen LogP) is 2.29. The third kappa shape index (κ3) is 3.65. The number of thioether (sulfide) groups is 1. The Morgan fingerprint density at radius 1 is 1.52 bits per heavy atom. The van der Waals surface area contributed by atoms with Gasteiger partial charge in [-0.25, -0.2) is 4.98 Å². The van der Waals surface area contributed by atoms with Gasteiger partial charge >= 0.3 is 5.97 Å². The summed E-state index contributed by atoms with van der Waals surface area (Å²) in [6.07, 6.45) is 1.68. The Hall–Kier alpha value is -1.34. The third-order valence-electron chi connectivity index (χ3n) is 3.28. The highest BCUT2D eigenvalue weighted by atomic mass is 32.2. The number of aryl methyl sites for hydroxylation is 1. The lowest BCUT2D eigenvalue weighted by Gasteiger charge is -2.12. The Kier molecular flexibility index (Phi) is 5.05. The standard InChI is InChI=1S/C14H18N2O3S2/c1-9-5-4-6-11-13(9)15-14(20-8-12(17)18)16(11)7-10(2)21(3)19/h4-6,10H,7-8H2,1-3H3,(H,17,18). The van der Waals surface area contributed by atoms with Gasteiger partial charge in [-0.05, 0) is 25.5 Å². The van der Waals surface area contributed by atoms with Gasteiger partial charge in [-0.3, -0.25) is 9.00 Å². The molecule has 0 spiro atoms. The number of carboxylic acids is 1. The molecule has 21 heavy (non-hydrogen) atoms. The zero-order chi connectivity index (χ0) is 15.6. The molecule has 0 fully saturated rings. The molecule has 0 aliphatic rings. The van der Waals surface area contributed by atoms with Crippen molar-refractivity contribution in [3.8, 4) is 0 Å². The van der Waals surface area contributed by atoms with Gasteiger partial charge in [0, 0.05) is 28.9 Å². The van der Waals surface area contributed by atoms with Crippen molar-refractivity contribution >= 4 is 39.6 Å². The number of nitrogens with zero attached hydrogens (tertiary/aromatic N) is 2. The first kappa shape index (κ1) is 16.0. The highest BCUT2D eigenvalue weighted by molar-refractivity contribution is 7.99. The Morgan fingerprint density at radius 3 is 2.86 bits per heavy atom. The first-order valence-corrected chi connectivity index (χ1v) is 9.13. The van der Waals surface area contributed by atoms with Crippen molar-refractivity contribution in [3.63, 3.8) is 0 Å². The molecule has 114 valence electrons. The topological polar surface area (TPSA) is 72.2 Å². The van der Waals surface area contributed by atoms with Gasteiger partial charge < -0.3 is 9.67 Å². The number of para-hydroxylation sites is 1. The van der Waals surface area contributed by atoms with Crippen molar-refractivity contribution in [1.82, 2.24) is 9.55 Å². The van der Waals surface area contributed by atoms with Crippen LogP contribution >= 0.6 is 11.8 Å². The van der Waals surface area contributed by atoms with E-state index in [2.05, 4.69) is 4.98 Å². The number of hydrogen-bond donors (Lipinski definition) is 1. The average Bonchev–Trinajstić information content (AvgIpc) is 2.76. The van der Waals surface area contributed by atoms with Crippen molar-refractivity contribution in [3.05, 3.63) is 23.8 Å². The number of imidazole rings is 1. The molecule has 2 aromatic rings. The molecule has 2 unspecified atom stereocenters. The molecule has 0 amide bonds. The zero-order valence-electron chi connectivity index (χ0n) is 12.2. The summed E-state index contributed by atoms with van der Waals surface area (Å²) >= 11 is 1.20. The summed E-state index contributed by atoms with van der Waals surface area (Å²) in [5.41, 5.74) is 2.88. The Morgan fingerprint density at radius 2 is 2.24 bits per heavy atom. The maximum atomic E-state index is 11.6. The number of hydrogen-bond acceptors (Lipinski definition) is 4. The van der Waals surface area contributed by atoms with Crippen LogP contribution in [0.2, 0.25) is 0 Å². The molecule has 0 radical (unpaired) electrons. The Bertz CT molecular complexity index is 697. The normalized spacial score (nSPS) is 14.2. The van der Waals surface area contributed by atoms with Gasteiger partial charge in [-0.1, -0.05) is 23.9 Å². The largest absolute Gasteiger partial charge is 0.481 e. The second-order valence-corrected chi connectivity index (χ2v) is 7.68. The molecule has 2 atom stereocenters. The summed E-state index contributed by atoms with van der Waals surface area (Å²) < 4.78 is 13.6. The van der Waals surface area contributed by atoms with E-state index in [9.17, 15) is 9.00 Å². The number of rotatable bonds is 6. The van der Waals surface area contributed by atoms with Crippen LogP contribution in [0.3, 0.4) is 0 Å². The third-order valence-corrected chi connectivity index (χ3v) is 5.52. The molecule has 0 aliphatic heterocycles. The molecule has 5 nitrogen and oxygen atoms in total. The molecule has 1 aromatic carbocycles. The first-order valence-electron chi connectivity index (χ1n) is 6.52. The van der Waals surface area contributed by atoms with E-state index in [1.54, 1.807) is 6.26 Å². The van der Waals surface area contributed by atoms with Crippen LogP contribution in [0.15, 0.2) is 23.4 Å². The highest BCUT2D eigenvalue weighted by Crippen LogP contribution is 2.26. The molecule has 1 aromatic heterocycles. The Balaban J connectivity index is 2.46. The lowest BCUT2D eigenvalue weighted by molar-refractivity contribution is -0.133. The number of carbonyl (C=O) groups is 1. The number of benzene rings is 1. The van der Waals surface area contributed by atoms with E-state index in [0.717, 1.165) is 16.6 Å². The minimum absolute atomic E-state index is 0.0212. The van der Waals surface area contributed by atoms with E-state index in [-0.39, 0.29) is 11.0 Å². The van der Waals surface area contributed by atoms with Crippen molar-refractivity contribution in [2.75, 3.05) is 12.0 Å². The van der Waals surface area contributed by atoms with Crippen LogP contribution < -0.4 is 0 Å². The Labute approximate surface area is 130 Å². The van der Waals surface area contributed by atoms with Crippen molar-refractivity contribution in [2.24, 2.45) is 0 Å². The highest BCUT2D eigenvalue weighted by Gasteiger charge is 2.17. The van der Waals surface area contributed by atoms with E-state index in [1.165, 1.54) is 11.8 Å². The minimum atomic E-state index is -0.938. The molecular formula is C14H18N2O3S2. The lowest BCUT2D eigenvalue weighted by atomic mass is 10.2. The van der Waals surface area contributed by atoms with Crippen LogP contribution in [0.1, 0.15) is 12.5 Å². The van der Waals surface area contributed by atoms with Crippen molar-refractivity contribution in [1.29, 1.82) is 0 Å². The van der Waals surface area contributed by atoms with Gasteiger partial charge in [-0.15, -0.1) is 0 Å². The second-order valence-electron chi connectivity index (χ2n) is 4.94. The molecule has 0 bridgehead atoms. The van der Waals surface area contributed by atoms with Crippen LogP contribution in [-0.2, 0) is 22.1 Å². The predicted molar refractivity (Wildman–Crippen MR) is 86.4 cm³/mol. The molecular weight excluding hydrogens is 308 g/mol. The molecule has 0 saturated carbocycles. The van der Waals surface area contributed by atoms with Crippen LogP contribution in [0.25, 0.3) is 11.0 Å². The van der Waals surface area contributed by atoms with Gasteiger partial charge in [0.25, 0.3) is 0 Å². The van der Waals surface area contributed by atoms with Gasteiger partial charge in [-0.2, -0.15) is 0 Å². The summed E-state index contributed by atoms with van der Waals surface area (Å²) in [6, 6.07) is 5.90. The second kappa shape index (κ2) is 6.62. The fourth-order valence-corrected chi connectivity index (χ4v) is 3.14. The summed E-state index contributed by atoms with van der Waals surface area (Å²) in [7, 11) is -0.938. The molecule has 1 N–H and O–H groups in total. The van der Waals surface area contributed by atoms with E-state index < -0.39 is 16.8 Å². The SMILES string of the molecule is Cc1cccc2c1nc(SCC(=O)O)n2CC(C)S(C)=O. The summed E-state index contributed by atoms with van der Waals surface area (Å²) in [5, 5.41) is 9.50. The monoisotopic (exact) mass is 326 g/mol. The van der Waals surface area contributed by atoms with Crippen molar-refractivity contribution < 1.29 is 14.1 Å². The maximum Gasteiger partial charge on any atom is 0.313 e. The lowest BCUT2D eigenvalue weighted by Crippen LogP contribution is -2.18. The van der Waals surface area contributed by atoms with Gasteiger partial charge in [0.05, 0.1) is 16.8 Å². The molecule has 0 aliphatic carbocycles. The molecule has 1 heterocycles. The fraction of sp³-hybridized carbons (Fsp3) is 0.429. The van der Waals surface area contributed by atoms with Gasteiger partial charge in [0.2, 0.25) is 0 Å². The van der Waals surface area contributed by atoms with Crippen LogP contribution in [0.4, 0.5) is 0 Å². The smallest absolute Gasteiger partial charge is 0.313 e. The number of aromatic nitrogens is 2. The van der Waals surface area contributed by atoms with E-state index in [0.29, 0.717) is 11.7 Å². The number of fused-ring (bicyclic) bond motifs is 1. The maximum absolute atomic E-state index is 11.6. The zero-order valence-corrected chi connectivity index (χ0v) is 13.8. The summed E-state index contributed by atoms with van der Waals surface area (Å²) in [5.74, 6) is -0.908. The van der Waals surface area contributed by atoms with Gasteiger partial charge in [0.15, 0.2) is 5.16 Å². The number of carboxylic acid groups (broad SMARTS) is 1. The van der Waals surface area contributed by atoms with Crippen LogP contribution in [-0.4, -0.2) is 42.1 Å². The fourth-order valence-electron chi connectivity index (χ4n) is 2.04. The van der Waals surface area contributed by atoms with E-state index >= 15 is 0 Å². The summed E-state index contributed by atoms with van der Waals surface area (Å²) in [6.45, 7) is 4.46.